The highest BCUT2D eigenvalue weighted by atomic mass is 16.4. The highest BCUT2D eigenvalue weighted by Crippen LogP contribution is 2.23. The normalized spacial score (nSPS) is 16.5. The van der Waals surface area contributed by atoms with E-state index < -0.39 is 120 Å². The third-order valence-electron chi connectivity index (χ3n) is 12.5. The van der Waals surface area contributed by atoms with Gasteiger partial charge >= 0.3 is 5.97 Å². The Kier molecular flexibility index (Phi) is 21.8. The van der Waals surface area contributed by atoms with E-state index in [9.17, 15) is 48.3 Å². The molecule has 72 heavy (non-hydrogen) atoms. The molecule has 0 spiro atoms. The van der Waals surface area contributed by atoms with Gasteiger partial charge in [-0.1, -0.05) is 104 Å². The van der Waals surface area contributed by atoms with Gasteiger partial charge in [-0.15, -0.1) is 0 Å². The van der Waals surface area contributed by atoms with Crippen molar-refractivity contribution in [2.45, 2.75) is 149 Å². The van der Waals surface area contributed by atoms with Crippen LogP contribution in [0.25, 0.3) is 10.9 Å². The number of aromatic nitrogens is 1. The van der Waals surface area contributed by atoms with Gasteiger partial charge in [0.05, 0.1) is 12.6 Å². The lowest BCUT2D eigenvalue weighted by Crippen LogP contribution is -2.60. The van der Waals surface area contributed by atoms with Crippen molar-refractivity contribution < 1.29 is 48.3 Å². The number of likely N-dealkylation sites (tertiary alicyclic amines) is 1. The molecular formula is C52H76N10O10. The van der Waals surface area contributed by atoms with E-state index in [0.29, 0.717) is 17.5 Å². The van der Waals surface area contributed by atoms with Gasteiger partial charge in [-0.25, -0.2) is 4.79 Å². The van der Waals surface area contributed by atoms with Crippen LogP contribution in [-0.2, 0) is 56.0 Å². The number of carbonyl (C=O) groups is 9. The van der Waals surface area contributed by atoms with E-state index in [4.69, 9.17) is 5.73 Å². The summed E-state index contributed by atoms with van der Waals surface area (Å²) in [5.74, 6) is -7.26. The Bertz CT molecular complexity index is 2370. The first-order valence-corrected chi connectivity index (χ1v) is 24.9. The summed E-state index contributed by atoms with van der Waals surface area (Å²) in [5.41, 5.74) is 7.99. The number of fused-ring (bicyclic) bond motifs is 1. The zero-order valence-corrected chi connectivity index (χ0v) is 43.0. The zero-order valence-electron chi connectivity index (χ0n) is 43.0. The van der Waals surface area contributed by atoms with Gasteiger partial charge in [0.2, 0.25) is 47.3 Å². The van der Waals surface area contributed by atoms with Gasteiger partial charge in [-0.3, -0.25) is 38.4 Å². The van der Waals surface area contributed by atoms with Crippen molar-refractivity contribution in [3.8, 4) is 0 Å². The largest absolute Gasteiger partial charge is 0.480 e. The maximum absolute atomic E-state index is 14.4. The molecule has 1 fully saturated rings. The number of hydrogen-bond donors (Lipinski definition) is 10. The van der Waals surface area contributed by atoms with Crippen molar-refractivity contribution in [2.75, 3.05) is 13.1 Å². The quantitative estimate of drug-likeness (QED) is 0.0553. The number of aliphatic carboxylic acids is 1. The summed E-state index contributed by atoms with van der Waals surface area (Å²) in [6.07, 6.45) is 2.93. The second-order valence-corrected chi connectivity index (χ2v) is 20.3. The van der Waals surface area contributed by atoms with Gasteiger partial charge in [0.25, 0.3) is 0 Å². The first kappa shape index (κ1) is 57.7. The summed E-state index contributed by atoms with van der Waals surface area (Å²) in [5, 5.41) is 29.4. The average Bonchev–Trinajstić information content (AvgIpc) is 3.98. The lowest BCUT2D eigenvalue weighted by Gasteiger charge is -2.32. The van der Waals surface area contributed by atoms with Crippen LogP contribution in [0.3, 0.4) is 0 Å². The number of aromatic amines is 1. The molecule has 0 bridgehead atoms. The molecule has 0 unspecified atom stereocenters. The third-order valence-corrected chi connectivity index (χ3v) is 12.5. The molecule has 4 rings (SSSR count). The average molecular weight is 1000 g/mol. The maximum atomic E-state index is 14.4. The van der Waals surface area contributed by atoms with Crippen LogP contribution >= 0.6 is 0 Å². The molecule has 8 amide bonds. The summed E-state index contributed by atoms with van der Waals surface area (Å²) < 4.78 is 0. The number of nitrogens with one attached hydrogen (secondary N) is 8. The minimum Gasteiger partial charge on any atom is -0.480 e. The molecule has 394 valence electrons. The molecule has 0 saturated carbocycles. The smallest absolute Gasteiger partial charge is 0.326 e. The van der Waals surface area contributed by atoms with Crippen LogP contribution in [0.5, 0.6) is 0 Å². The van der Waals surface area contributed by atoms with E-state index in [1.165, 1.54) is 11.8 Å². The number of H-pyrrole nitrogens is 1. The summed E-state index contributed by atoms with van der Waals surface area (Å²) in [4.78, 5) is 127. The lowest BCUT2D eigenvalue weighted by atomic mass is 9.99. The first-order chi connectivity index (χ1) is 34.0. The molecule has 1 saturated heterocycles. The highest BCUT2D eigenvalue weighted by molar-refractivity contribution is 5.98. The van der Waals surface area contributed by atoms with E-state index in [1.807, 2.05) is 52.0 Å². The molecular weight excluding hydrogens is 925 g/mol. The number of hydrogen-bond acceptors (Lipinski definition) is 10. The Morgan fingerprint density at radius 2 is 1.21 bits per heavy atom. The van der Waals surface area contributed by atoms with E-state index in [-0.39, 0.29) is 50.5 Å². The van der Waals surface area contributed by atoms with Crippen molar-refractivity contribution in [2.24, 2.45) is 29.4 Å². The Morgan fingerprint density at radius 3 is 1.82 bits per heavy atom. The first-order valence-electron chi connectivity index (χ1n) is 24.9. The molecule has 1 aliphatic heterocycles. The number of carboxylic acid groups (broad SMARTS) is 1. The molecule has 2 aromatic carbocycles. The molecule has 11 N–H and O–H groups in total. The van der Waals surface area contributed by atoms with Gasteiger partial charge in [0.15, 0.2) is 0 Å². The zero-order chi connectivity index (χ0) is 53.4. The van der Waals surface area contributed by atoms with Crippen molar-refractivity contribution >= 4 is 64.1 Å². The number of amides is 8. The molecule has 1 aromatic heterocycles. The minimum atomic E-state index is -1.24. The van der Waals surface area contributed by atoms with Crippen LogP contribution in [0.2, 0.25) is 0 Å². The predicted octanol–water partition coefficient (Wildman–Crippen LogP) is 1.81. The van der Waals surface area contributed by atoms with Gasteiger partial charge in [0.1, 0.15) is 42.3 Å². The summed E-state index contributed by atoms with van der Waals surface area (Å²) in [7, 11) is 0. The summed E-state index contributed by atoms with van der Waals surface area (Å²) >= 11 is 0. The standard InChI is InChI=1S/C52H76N10O10/c1-28(2)22-37(57-45(64)32(9)53)47(66)58-39(25-34-26-54-36-19-14-13-18-35(34)36)46(65)55-27-42(63)56-38(24-33-16-11-10-12-17-33)48(67)61-44(31(7)8)51(70)62-21-15-20-41(62)49(68)60-43(30(5)6)50(69)59-40(52(71)72)23-29(3)4/h10-14,16-19,26,28-32,37-41,43-44,54H,15,20-25,27,53H2,1-9H3,(H,55,65)(H,56,63)(H,57,64)(H,58,66)(H,59,69)(H,60,68)(H,61,67)(H,71,72)/t32-,37-,38-,39-,40-,41-,43-,44-/m0/s1. The van der Waals surface area contributed by atoms with Crippen LogP contribution < -0.4 is 43.0 Å². The van der Waals surface area contributed by atoms with E-state index in [2.05, 4.69) is 42.2 Å². The van der Waals surface area contributed by atoms with Crippen LogP contribution in [0.4, 0.5) is 0 Å². The molecule has 20 nitrogen and oxygen atoms in total. The van der Waals surface area contributed by atoms with Crippen molar-refractivity contribution in [3.63, 3.8) is 0 Å². The molecule has 2 heterocycles. The second-order valence-electron chi connectivity index (χ2n) is 20.3. The van der Waals surface area contributed by atoms with Gasteiger partial charge < -0.3 is 57.9 Å². The molecule has 20 heteroatoms. The number of nitrogens with two attached hydrogens (primary N) is 1. The van der Waals surface area contributed by atoms with Gasteiger partial charge in [-0.2, -0.15) is 0 Å². The van der Waals surface area contributed by atoms with Crippen molar-refractivity contribution in [1.29, 1.82) is 0 Å². The highest BCUT2D eigenvalue weighted by Gasteiger charge is 2.41. The third kappa shape index (κ3) is 16.9. The molecule has 8 atom stereocenters. The SMILES string of the molecule is CC(C)C[C@H](NC(=O)[C@@H](NC(=O)[C@@H]1CCCN1C(=O)[C@@H](NC(=O)[C@H](Cc1ccccc1)NC(=O)CNC(=O)[C@H](Cc1c[nH]c2ccccc12)NC(=O)[C@H](CC(C)C)NC(=O)[C@H](C)N)C(C)C)C(C)C)C(=O)O. The number of para-hydroxylation sites is 1. The number of nitrogens with zero attached hydrogens (tertiary/aromatic N) is 1. The number of carboxylic acids is 1. The minimum absolute atomic E-state index is 0.00227. The topological polar surface area (TPSA) is 303 Å². The fourth-order valence-corrected chi connectivity index (χ4v) is 8.59. The van der Waals surface area contributed by atoms with Gasteiger partial charge in [0, 0.05) is 36.5 Å². The fourth-order valence-electron chi connectivity index (χ4n) is 8.59. The van der Waals surface area contributed by atoms with E-state index in [1.54, 1.807) is 64.2 Å². The van der Waals surface area contributed by atoms with E-state index in [0.717, 1.165) is 10.9 Å². The van der Waals surface area contributed by atoms with Crippen molar-refractivity contribution in [3.05, 3.63) is 71.9 Å². The van der Waals surface area contributed by atoms with Crippen LogP contribution in [0.1, 0.15) is 99.1 Å². The fraction of sp³-hybridized carbons (Fsp3) is 0.558. The molecule has 1 aliphatic rings. The maximum Gasteiger partial charge on any atom is 0.326 e. The lowest BCUT2D eigenvalue weighted by molar-refractivity contribution is -0.144. The molecule has 0 aliphatic carbocycles. The molecule has 3 aromatic rings. The van der Waals surface area contributed by atoms with Crippen LogP contribution in [0.15, 0.2) is 60.8 Å². The predicted molar refractivity (Wildman–Crippen MR) is 271 cm³/mol. The van der Waals surface area contributed by atoms with Gasteiger partial charge in [-0.05, 0) is 73.5 Å². The number of rotatable bonds is 26. The number of benzene rings is 2. The summed E-state index contributed by atoms with van der Waals surface area (Å²) in [6, 6.07) is 7.55. The Morgan fingerprint density at radius 1 is 0.639 bits per heavy atom. The van der Waals surface area contributed by atoms with Crippen molar-refractivity contribution in [1.82, 2.24) is 47.1 Å². The Labute approximate surface area is 421 Å². The Balaban J connectivity index is 1.51. The Hall–Kier alpha value is -6.83. The second kappa shape index (κ2) is 27.1. The summed E-state index contributed by atoms with van der Waals surface area (Å²) in [6.45, 7) is 15.4. The van der Waals surface area contributed by atoms with Crippen LogP contribution in [-0.4, -0.2) is 130 Å². The molecule has 0 radical (unpaired) electrons. The number of carbonyl (C=O) groups excluding carboxylic acids is 8. The van der Waals surface area contributed by atoms with E-state index >= 15 is 0 Å². The monoisotopic (exact) mass is 1000 g/mol. The van der Waals surface area contributed by atoms with Crippen LogP contribution in [0, 0.1) is 23.7 Å².